The predicted molar refractivity (Wildman–Crippen MR) is 68.4 cm³/mol. The van der Waals surface area contributed by atoms with Crippen molar-refractivity contribution in [2.45, 2.75) is 24.7 Å². The standard InChI is InChI=1S/C13H19N3O/c14-8-1-9-16-12(17)13(6-7-13)10-2-4-11(15)5-3-10/h2-5H,1,6-9,14-15H2,(H,16,17). The van der Waals surface area contributed by atoms with Crippen molar-refractivity contribution >= 4 is 11.6 Å². The molecule has 0 unspecified atom stereocenters. The van der Waals surface area contributed by atoms with Gasteiger partial charge < -0.3 is 16.8 Å². The molecule has 0 saturated heterocycles. The van der Waals surface area contributed by atoms with E-state index in [0.29, 0.717) is 13.1 Å². The van der Waals surface area contributed by atoms with Crippen molar-refractivity contribution in [3.05, 3.63) is 29.8 Å². The van der Waals surface area contributed by atoms with E-state index in [2.05, 4.69) is 5.32 Å². The highest BCUT2D eigenvalue weighted by atomic mass is 16.2. The minimum atomic E-state index is -0.303. The first-order valence-corrected chi connectivity index (χ1v) is 6.03. The first kappa shape index (κ1) is 11.9. The van der Waals surface area contributed by atoms with E-state index in [0.717, 1.165) is 30.5 Å². The Balaban J connectivity index is 2.03. The lowest BCUT2D eigenvalue weighted by atomic mass is 9.95. The first-order valence-electron chi connectivity index (χ1n) is 6.03. The second kappa shape index (κ2) is 4.75. The molecule has 1 saturated carbocycles. The summed E-state index contributed by atoms with van der Waals surface area (Å²) in [5, 5.41) is 2.95. The average molecular weight is 233 g/mol. The maximum Gasteiger partial charge on any atom is 0.230 e. The molecule has 1 fully saturated rings. The Morgan fingerprint density at radius 3 is 2.47 bits per heavy atom. The van der Waals surface area contributed by atoms with Crippen LogP contribution in [0.4, 0.5) is 5.69 Å². The van der Waals surface area contributed by atoms with E-state index in [-0.39, 0.29) is 11.3 Å². The van der Waals surface area contributed by atoms with Crippen LogP contribution in [0, 0.1) is 0 Å². The minimum absolute atomic E-state index is 0.121. The van der Waals surface area contributed by atoms with E-state index in [1.807, 2.05) is 24.3 Å². The molecule has 0 aliphatic heterocycles. The second-order valence-corrected chi connectivity index (χ2v) is 4.60. The molecule has 0 atom stereocenters. The number of hydrogen-bond acceptors (Lipinski definition) is 3. The fraction of sp³-hybridized carbons (Fsp3) is 0.462. The molecule has 2 rings (SSSR count). The Morgan fingerprint density at radius 2 is 1.94 bits per heavy atom. The molecule has 0 bridgehead atoms. The summed E-state index contributed by atoms with van der Waals surface area (Å²) < 4.78 is 0. The van der Waals surface area contributed by atoms with E-state index < -0.39 is 0 Å². The van der Waals surface area contributed by atoms with Crippen LogP contribution in [0.5, 0.6) is 0 Å². The van der Waals surface area contributed by atoms with Gasteiger partial charge in [-0.2, -0.15) is 0 Å². The summed E-state index contributed by atoms with van der Waals surface area (Å²) in [6.07, 6.45) is 2.67. The topological polar surface area (TPSA) is 81.1 Å². The SMILES string of the molecule is NCCCNC(=O)C1(c2ccc(N)cc2)CC1. The van der Waals surface area contributed by atoms with E-state index in [1.54, 1.807) is 0 Å². The van der Waals surface area contributed by atoms with Crippen LogP contribution in [-0.4, -0.2) is 19.0 Å². The van der Waals surface area contributed by atoms with Gasteiger partial charge in [0.25, 0.3) is 0 Å². The van der Waals surface area contributed by atoms with Crippen LogP contribution in [-0.2, 0) is 10.2 Å². The Kier molecular flexibility index (Phi) is 3.33. The molecule has 5 N–H and O–H groups in total. The van der Waals surface area contributed by atoms with Crippen molar-refractivity contribution in [1.82, 2.24) is 5.32 Å². The molecule has 92 valence electrons. The van der Waals surface area contributed by atoms with Crippen molar-refractivity contribution in [2.24, 2.45) is 5.73 Å². The summed E-state index contributed by atoms with van der Waals surface area (Å²) in [4.78, 5) is 12.1. The number of nitrogen functional groups attached to an aromatic ring is 1. The molecule has 0 radical (unpaired) electrons. The van der Waals surface area contributed by atoms with Crippen LogP contribution >= 0.6 is 0 Å². The normalized spacial score (nSPS) is 16.5. The Bertz CT molecular complexity index is 396. The Morgan fingerprint density at radius 1 is 1.29 bits per heavy atom. The Labute approximate surface area is 101 Å². The largest absolute Gasteiger partial charge is 0.399 e. The van der Waals surface area contributed by atoms with Gasteiger partial charge in [0.15, 0.2) is 0 Å². The zero-order valence-electron chi connectivity index (χ0n) is 9.91. The molecule has 0 aromatic heterocycles. The number of carbonyl (C=O) groups excluding carboxylic acids is 1. The van der Waals surface area contributed by atoms with E-state index in [1.165, 1.54) is 0 Å². The summed E-state index contributed by atoms with van der Waals surface area (Å²) in [5.74, 6) is 0.121. The lowest BCUT2D eigenvalue weighted by Crippen LogP contribution is -2.35. The number of carbonyl (C=O) groups is 1. The third kappa shape index (κ3) is 2.42. The maximum absolute atomic E-state index is 12.1. The van der Waals surface area contributed by atoms with Gasteiger partial charge in [0.05, 0.1) is 5.41 Å². The van der Waals surface area contributed by atoms with Crippen molar-refractivity contribution in [3.8, 4) is 0 Å². The van der Waals surface area contributed by atoms with Crippen molar-refractivity contribution in [2.75, 3.05) is 18.8 Å². The summed E-state index contributed by atoms with van der Waals surface area (Å²) in [6.45, 7) is 1.27. The highest BCUT2D eigenvalue weighted by molar-refractivity contribution is 5.91. The van der Waals surface area contributed by atoms with E-state index in [9.17, 15) is 4.79 Å². The molecule has 1 aliphatic rings. The summed E-state index contributed by atoms with van der Waals surface area (Å²) in [5.41, 5.74) is 12.5. The van der Waals surface area contributed by atoms with E-state index in [4.69, 9.17) is 11.5 Å². The van der Waals surface area contributed by atoms with Gasteiger partial charge in [0.1, 0.15) is 0 Å². The zero-order valence-corrected chi connectivity index (χ0v) is 9.91. The molecule has 17 heavy (non-hydrogen) atoms. The first-order chi connectivity index (χ1) is 8.19. The second-order valence-electron chi connectivity index (χ2n) is 4.60. The number of hydrogen-bond donors (Lipinski definition) is 3. The number of amides is 1. The average Bonchev–Trinajstić information content (AvgIpc) is 3.11. The zero-order chi connectivity index (χ0) is 12.3. The van der Waals surface area contributed by atoms with Gasteiger partial charge in [0.2, 0.25) is 5.91 Å². The van der Waals surface area contributed by atoms with Gasteiger partial charge in [-0.1, -0.05) is 12.1 Å². The molecule has 4 nitrogen and oxygen atoms in total. The number of rotatable bonds is 5. The lowest BCUT2D eigenvalue weighted by molar-refractivity contribution is -0.123. The Hall–Kier alpha value is -1.55. The molecule has 1 aromatic rings. The van der Waals surface area contributed by atoms with Gasteiger partial charge in [-0.3, -0.25) is 4.79 Å². The number of nitrogens with two attached hydrogens (primary N) is 2. The lowest BCUT2D eigenvalue weighted by Gasteiger charge is -2.15. The summed E-state index contributed by atoms with van der Waals surface area (Å²) in [7, 11) is 0. The minimum Gasteiger partial charge on any atom is -0.399 e. The van der Waals surface area contributed by atoms with Crippen LogP contribution in [0.25, 0.3) is 0 Å². The summed E-state index contributed by atoms with van der Waals surface area (Å²) in [6, 6.07) is 7.60. The molecule has 4 heteroatoms. The van der Waals surface area contributed by atoms with Gasteiger partial charge in [0, 0.05) is 12.2 Å². The molecular formula is C13H19N3O. The molecule has 1 aromatic carbocycles. The molecule has 0 heterocycles. The van der Waals surface area contributed by atoms with Crippen molar-refractivity contribution in [3.63, 3.8) is 0 Å². The third-order valence-electron chi connectivity index (χ3n) is 3.31. The summed E-state index contributed by atoms with van der Waals surface area (Å²) >= 11 is 0. The number of benzene rings is 1. The predicted octanol–water partition coefficient (Wildman–Crippen LogP) is 0.765. The van der Waals surface area contributed by atoms with Crippen molar-refractivity contribution in [1.29, 1.82) is 0 Å². The maximum atomic E-state index is 12.1. The highest BCUT2D eigenvalue weighted by Gasteiger charge is 2.50. The van der Waals surface area contributed by atoms with Crippen LogP contribution in [0.1, 0.15) is 24.8 Å². The van der Waals surface area contributed by atoms with Gasteiger partial charge in [-0.05, 0) is 43.5 Å². The molecular weight excluding hydrogens is 214 g/mol. The fourth-order valence-electron chi connectivity index (χ4n) is 2.05. The number of nitrogens with one attached hydrogen (secondary N) is 1. The van der Waals surface area contributed by atoms with Crippen LogP contribution in [0.15, 0.2) is 24.3 Å². The van der Waals surface area contributed by atoms with E-state index >= 15 is 0 Å². The monoisotopic (exact) mass is 233 g/mol. The molecule has 1 aliphatic carbocycles. The van der Waals surface area contributed by atoms with Gasteiger partial charge >= 0.3 is 0 Å². The van der Waals surface area contributed by atoms with Gasteiger partial charge in [-0.15, -0.1) is 0 Å². The van der Waals surface area contributed by atoms with Crippen LogP contribution in [0.2, 0.25) is 0 Å². The van der Waals surface area contributed by atoms with Crippen molar-refractivity contribution < 1.29 is 4.79 Å². The highest BCUT2D eigenvalue weighted by Crippen LogP contribution is 2.48. The molecule has 1 amide bonds. The van der Waals surface area contributed by atoms with Crippen LogP contribution < -0.4 is 16.8 Å². The van der Waals surface area contributed by atoms with Crippen LogP contribution in [0.3, 0.4) is 0 Å². The third-order valence-corrected chi connectivity index (χ3v) is 3.31. The quantitative estimate of drug-likeness (QED) is 0.519. The van der Waals surface area contributed by atoms with Gasteiger partial charge in [-0.25, -0.2) is 0 Å². The molecule has 0 spiro atoms. The smallest absolute Gasteiger partial charge is 0.230 e. The fourth-order valence-corrected chi connectivity index (χ4v) is 2.05. The number of anilines is 1.